The van der Waals surface area contributed by atoms with Gasteiger partial charge in [-0.25, -0.2) is 0 Å². The lowest BCUT2D eigenvalue weighted by atomic mass is 9.91. The fraction of sp³-hybridized carbons (Fsp3) is 0.912. The molecule has 0 fully saturated rings. The summed E-state index contributed by atoms with van der Waals surface area (Å²) in [6.45, 7) is 14.8. The van der Waals surface area contributed by atoms with Crippen molar-refractivity contribution in [2.24, 2.45) is 5.41 Å². The molecule has 0 aliphatic heterocycles. The maximum absolute atomic E-state index is 11.8. The van der Waals surface area contributed by atoms with Crippen molar-refractivity contribution in [3.63, 3.8) is 0 Å². The number of esters is 1. The quantitative estimate of drug-likeness (QED) is 0.0659. The number of hydrogen-bond acceptors (Lipinski definition) is 2. The summed E-state index contributed by atoms with van der Waals surface area (Å²) in [6.07, 6.45) is 34.3. The minimum Gasteiger partial charge on any atom is -0.465 e. The summed E-state index contributed by atoms with van der Waals surface area (Å²) in [5.41, 5.74) is -0.324. The van der Waals surface area contributed by atoms with Crippen LogP contribution in [0, 0.1) is 5.41 Å². The molecule has 0 aromatic rings. The second kappa shape index (κ2) is 30.4. The van der Waals surface area contributed by atoms with Crippen molar-refractivity contribution < 1.29 is 9.53 Å². The monoisotopic (exact) mass is 509 g/mol. The van der Waals surface area contributed by atoms with E-state index in [2.05, 4.69) is 20.4 Å². The molecule has 0 N–H and O–H groups in total. The first-order valence-corrected chi connectivity index (χ1v) is 16.2. The lowest BCUT2D eigenvalue weighted by Gasteiger charge is -2.20. The Morgan fingerprint density at radius 1 is 0.583 bits per heavy atom. The van der Waals surface area contributed by atoms with Gasteiger partial charge in [0, 0.05) is 0 Å². The van der Waals surface area contributed by atoms with Crippen LogP contribution in [0.4, 0.5) is 0 Å². The van der Waals surface area contributed by atoms with Crippen molar-refractivity contribution in [3.05, 3.63) is 12.7 Å². The minimum atomic E-state index is -0.324. The van der Waals surface area contributed by atoms with Crippen LogP contribution < -0.4 is 0 Å². The van der Waals surface area contributed by atoms with Crippen LogP contribution in [0.1, 0.15) is 189 Å². The van der Waals surface area contributed by atoms with Crippen LogP contribution in [0.15, 0.2) is 12.7 Å². The van der Waals surface area contributed by atoms with Crippen molar-refractivity contribution >= 4 is 5.97 Å². The first-order valence-electron chi connectivity index (χ1n) is 16.2. The van der Waals surface area contributed by atoms with Gasteiger partial charge in [0.25, 0.3) is 0 Å². The average molecular weight is 509 g/mol. The average Bonchev–Trinajstić information content (AvgIpc) is 2.88. The van der Waals surface area contributed by atoms with Gasteiger partial charge in [0.1, 0.15) is 0 Å². The molecule has 0 spiro atoms. The predicted molar refractivity (Wildman–Crippen MR) is 163 cm³/mol. The number of allylic oxidation sites excluding steroid dienone is 1. The Morgan fingerprint density at radius 2 is 0.917 bits per heavy atom. The van der Waals surface area contributed by atoms with E-state index in [0.717, 1.165) is 12.8 Å². The molecule has 0 aromatic heterocycles. The minimum absolute atomic E-state index is 0.0408. The van der Waals surface area contributed by atoms with E-state index in [1.54, 1.807) is 0 Å². The van der Waals surface area contributed by atoms with Crippen molar-refractivity contribution in [1.82, 2.24) is 0 Å². The Hall–Kier alpha value is -0.790. The van der Waals surface area contributed by atoms with E-state index in [9.17, 15) is 4.79 Å². The maximum Gasteiger partial charge on any atom is 0.311 e. The van der Waals surface area contributed by atoms with Crippen molar-refractivity contribution in [3.8, 4) is 0 Å². The standard InChI is InChI=1S/C24H48O2.C10H20/c1-5-7-8-9-10-11-12-13-14-15-16-17-18-19-20-21-22-26-23(25)24(3,4)6-2;1-3-5-7-9-10-8-6-4-2/h5-22H2,1-4H3;3H,1,4-10H2,2H3. The summed E-state index contributed by atoms with van der Waals surface area (Å²) in [6, 6.07) is 0. The number of ether oxygens (including phenoxy) is 1. The highest BCUT2D eigenvalue weighted by molar-refractivity contribution is 5.75. The lowest BCUT2D eigenvalue weighted by molar-refractivity contribution is -0.154. The molecule has 0 aliphatic rings. The van der Waals surface area contributed by atoms with Gasteiger partial charge in [0.15, 0.2) is 0 Å². The molecule has 0 rings (SSSR count). The molecule has 0 heterocycles. The normalized spacial score (nSPS) is 11.1. The molecule has 0 aliphatic carbocycles. The summed E-state index contributed by atoms with van der Waals surface area (Å²) < 4.78 is 5.38. The molecule has 2 heteroatoms. The zero-order chi connectivity index (χ0) is 27.2. The van der Waals surface area contributed by atoms with Gasteiger partial charge in [-0.1, -0.05) is 155 Å². The fourth-order valence-electron chi connectivity index (χ4n) is 4.22. The number of hydrogen-bond donors (Lipinski definition) is 0. The lowest BCUT2D eigenvalue weighted by Crippen LogP contribution is -2.26. The molecule has 2 nitrogen and oxygen atoms in total. The molecule has 0 bridgehead atoms. The molecule has 0 saturated carbocycles. The highest BCUT2D eigenvalue weighted by atomic mass is 16.5. The fourth-order valence-corrected chi connectivity index (χ4v) is 4.22. The topological polar surface area (TPSA) is 26.3 Å². The van der Waals surface area contributed by atoms with Crippen LogP contribution >= 0.6 is 0 Å². The molecule has 0 amide bonds. The van der Waals surface area contributed by atoms with E-state index in [-0.39, 0.29) is 11.4 Å². The van der Waals surface area contributed by atoms with Crippen LogP contribution in [0.2, 0.25) is 0 Å². The van der Waals surface area contributed by atoms with Gasteiger partial charge in [-0.05, 0) is 39.5 Å². The zero-order valence-corrected chi connectivity index (χ0v) is 25.8. The smallest absolute Gasteiger partial charge is 0.311 e. The number of unbranched alkanes of at least 4 members (excludes halogenated alkanes) is 21. The van der Waals surface area contributed by atoms with Crippen LogP contribution in [0.3, 0.4) is 0 Å². The van der Waals surface area contributed by atoms with Gasteiger partial charge in [-0.2, -0.15) is 0 Å². The molecule has 0 radical (unpaired) electrons. The molecule has 0 atom stereocenters. The second-order valence-corrected chi connectivity index (χ2v) is 11.5. The van der Waals surface area contributed by atoms with E-state index in [0.29, 0.717) is 6.61 Å². The molecule has 0 unspecified atom stereocenters. The Kier molecular flexibility index (Phi) is 31.6. The third kappa shape index (κ3) is 29.4. The summed E-state index contributed by atoms with van der Waals surface area (Å²) in [7, 11) is 0. The first kappa shape index (κ1) is 37.4. The van der Waals surface area contributed by atoms with Crippen molar-refractivity contribution in [2.45, 2.75) is 189 Å². The third-order valence-electron chi connectivity index (χ3n) is 7.43. The highest BCUT2D eigenvalue weighted by Crippen LogP contribution is 2.21. The van der Waals surface area contributed by atoms with Gasteiger partial charge in [0.2, 0.25) is 0 Å². The number of carbonyl (C=O) groups excluding carboxylic acids is 1. The van der Waals surface area contributed by atoms with E-state index in [4.69, 9.17) is 4.74 Å². The third-order valence-corrected chi connectivity index (χ3v) is 7.43. The number of carbonyl (C=O) groups is 1. The van der Waals surface area contributed by atoms with Crippen LogP contribution in [-0.4, -0.2) is 12.6 Å². The van der Waals surface area contributed by atoms with E-state index in [1.807, 2.05) is 26.8 Å². The van der Waals surface area contributed by atoms with Crippen LogP contribution in [-0.2, 0) is 9.53 Å². The van der Waals surface area contributed by atoms with Crippen LogP contribution in [0.5, 0.6) is 0 Å². The maximum atomic E-state index is 11.8. The predicted octanol–water partition coefficient (Wildman–Crippen LogP) is 12.2. The number of rotatable bonds is 26. The molecular weight excluding hydrogens is 440 g/mol. The van der Waals surface area contributed by atoms with Gasteiger partial charge in [0.05, 0.1) is 12.0 Å². The summed E-state index contributed by atoms with van der Waals surface area (Å²) in [5.74, 6) is -0.0408. The Balaban J connectivity index is 0. The van der Waals surface area contributed by atoms with Crippen LogP contribution in [0.25, 0.3) is 0 Å². The van der Waals surface area contributed by atoms with E-state index < -0.39 is 0 Å². The highest BCUT2D eigenvalue weighted by Gasteiger charge is 2.26. The first-order chi connectivity index (χ1) is 17.5. The molecule has 0 saturated heterocycles. The van der Waals surface area contributed by atoms with Gasteiger partial charge in [-0.3, -0.25) is 4.79 Å². The second-order valence-electron chi connectivity index (χ2n) is 11.5. The molecule has 216 valence electrons. The van der Waals surface area contributed by atoms with Gasteiger partial charge in [-0.15, -0.1) is 6.58 Å². The zero-order valence-electron chi connectivity index (χ0n) is 25.8. The summed E-state index contributed by atoms with van der Waals surface area (Å²) >= 11 is 0. The van der Waals surface area contributed by atoms with E-state index >= 15 is 0 Å². The summed E-state index contributed by atoms with van der Waals surface area (Å²) in [5, 5.41) is 0. The molecular formula is C34H68O2. The summed E-state index contributed by atoms with van der Waals surface area (Å²) in [4.78, 5) is 11.8. The Labute approximate surface area is 228 Å². The van der Waals surface area contributed by atoms with Gasteiger partial charge >= 0.3 is 5.97 Å². The molecule has 0 aromatic carbocycles. The van der Waals surface area contributed by atoms with Crippen molar-refractivity contribution in [1.29, 1.82) is 0 Å². The van der Waals surface area contributed by atoms with Crippen molar-refractivity contribution in [2.75, 3.05) is 6.61 Å². The SMILES string of the molecule is C=CCCCCCCCC.CCCCCCCCCCCCCCCCCCOC(=O)C(C)(C)CC. The molecule has 36 heavy (non-hydrogen) atoms. The van der Waals surface area contributed by atoms with Gasteiger partial charge < -0.3 is 4.74 Å². The van der Waals surface area contributed by atoms with E-state index in [1.165, 1.54) is 141 Å². The Bertz CT molecular complexity index is 440. The Morgan fingerprint density at radius 3 is 1.25 bits per heavy atom. The largest absolute Gasteiger partial charge is 0.465 e.